The zero-order valence-corrected chi connectivity index (χ0v) is 15.8. The molecule has 1 N–H and O–H groups in total. The second kappa shape index (κ2) is 6.83. The predicted octanol–water partition coefficient (Wildman–Crippen LogP) is 3.07. The van der Waals surface area contributed by atoms with E-state index in [9.17, 15) is 19.1 Å². The number of rotatable bonds is 4. The number of thiophene rings is 1. The van der Waals surface area contributed by atoms with Crippen LogP contribution in [0.15, 0.2) is 41.8 Å². The Morgan fingerprint density at radius 2 is 2.00 bits per heavy atom. The average molecular weight is 400 g/mol. The highest BCUT2D eigenvalue weighted by Gasteiger charge is 2.43. The lowest BCUT2D eigenvalue weighted by Crippen LogP contribution is -2.35. The molecule has 3 heterocycles. The number of hydrogen-bond acceptors (Lipinski definition) is 5. The third-order valence-corrected chi connectivity index (χ3v) is 5.75. The Kier molecular flexibility index (Phi) is 4.46. The van der Waals surface area contributed by atoms with Gasteiger partial charge in [0.2, 0.25) is 5.82 Å². The number of amides is 1. The van der Waals surface area contributed by atoms with E-state index in [0.29, 0.717) is 24.5 Å². The topological polar surface area (TPSA) is 88.3 Å². The second-order valence-corrected chi connectivity index (χ2v) is 7.91. The lowest BCUT2D eigenvalue weighted by molar-refractivity contribution is -0.147. The van der Waals surface area contributed by atoms with E-state index in [4.69, 9.17) is 0 Å². The van der Waals surface area contributed by atoms with Gasteiger partial charge in [-0.15, -0.1) is 16.4 Å². The molecule has 0 spiro atoms. The summed E-state index contributed by atoms with van der Waals surface area (Å²) in [5.41, 5.74) is -0.390. The van der Waals surface area contributed by atoms with E-state index in [1.54, 1.807) is 19.1 Å². The fourth-order valence-electron chi connectivity index (χ4n) is 3.18. The molecule has 1 aliphatic rings. The fourth-order valence-corrected chi connectivity index (χ4v) is 3.88. The third kappa shape index (κ3) is 3.18. The maximum absolute atomic E-state index is 13.3. The summed E-state index contributed by atoms with van der Waals surface area (Å²) in [6, 6.07) is 9.48. The van der Waals surface area contributed by atoms with Crippen molar-refractivity contribution in [1.29, 1.82) is 0 Å². The minimum atomic E-state index is -0.967. The van der Waals surface area contributed by atoms with Crippen molar-refractivity contribution in [2.45, 2.75) is 13.3 Å². The molecule has 4 rings (SSSR count). The van der Waals surface area contributed by atoms with Gasteiger partial charge in [-0.1, -0.05) is 6.07 Å². The van der Waals surface area contributed by atoms with Gasteiger partial charge in [-0.3, -0.25) is 9.59 Å². The smallest absolute Gasteiger partial charge is 0.311 e. The van der Waals surface area contributed by atoms with Gasteiger partial charge < -0.3 is 10.0 Å². The van der Waals surface area contributed by atoms with Crippen molar-refractivity contribution in [3.63, 3.8) is 0 Å². The zero-order valence-electron chi connectivity index (χ0n) is 15.0. The van der Waals surface area contributed by atoms with Crippen molar-refractivity contribution < 1.29 is 19.1 Å². The maximum Gasteiger partial charge on any atom is 0.311 e. The van der Waals surface area contributed by atoms with Crippen LogP contribution >= 0.6 is 11.3 Å². The Hall–Kier alpha value is -3.07. The van der Waals surface area contributed by atoms with Crippen LogP contribution in [-0.4, -0.2) is 49.7 Å². The van der Waals surface area contributed by atoms with Gasteiger partial charge in [0.25, 0.3) is 5.91 Å². The molecule has 1 aromatic carbocycles. The van der Waals surface area contributed by atoms with Gasteiger partial charge >= 0.3 is 5.97 Å². The van der Waals surface area contributed by atoms with E-state index in [2.05, 4.69) is 10.1 Å². The van der Waals surface area contributed by atoms with Gasteiger partial charge in [0, 0.05) is 13.1 Å². The van der Waals surface area contributed by atoms with Crippen LogP contribution in [0.25, 0.3) is 16.4 Å². The Balaban J connectivity index is 1.71. The molecule has 0 bridgehead atoms. The molecule has 3 aromatic rings. The number of aliphatic carboxylic acids is 1. The van der Waals surface area contributed by atoms with Crippen molar-refractivity contribution >= 4 is 23.2 Å². The maximum atomic E-state index is 13.3. The van der Waals surface area contributed by atoms with Crippen LogP contribution in [0, 0.1) is 11.2 Å². The molecular weight excluding hydrogens is 383 g/mol. The Bertz CT molecular complexity index is 1030. The van der Waals surface area contributed by atoms with Crippen LogP contribution < -0.4 is 0 Å². The van der Waals surface area contributed by atoms with E-state index in [0.717, 1.165) is 4.88 Å². The number of nitrogens with zero attached hydrogens (tertiary/aromatic N) is 4. The molecule has 1 saturated heterocycles. The third-order valence-electron chi connectivity index (χ3n) is 4.89. The number of aromatic nitrogens is 3. The minimum absolute atomic E-state index is 0.0117. The molecule has 0 unspecified atom stereocenters. The summed E-state index contributed by atoms with van der Waals surface area (Å²) in [6.07, 6.45) is 0.379. The highest BCUT2D eigenvalue weighted by Crippen LogP contribution is 2.31. The molecule has 1 atom stereocenters. The summed E-state index contributed by atoms with van der Waals surface area (Å²) in [7, 11) is 0. The second-order valence-electron chi connectivity index (χ2n) is 6.97. The molecule has 1 fully saturated rings. The predicted molar refractivity (Wildman–Crippen MR) is 101 cm³/mol. The van der Waals surface area contributed by atoms with Crippen LogP contribution in [0.5, 0.6) is 0 Å². The van der Waals surface area contributed by atoms with Crippen molar-refractivity contribution in [1.82, 2.24) is 19.7 Å². The molecule has 28 heavy (non-hydrogen) atoms. The molecule has 1 amide bonds. The summed E-state index contributed by atoms with van der Waals surface area (Å²) >= 11 is 1.45. The number of carboxylic acid groups (broad SMARTS) is 1. The first-order valence-electron chi connectivity index (χ1n) is 8.67. The van der Waals surface area contributed by atoms with Gasteiger partial charge in [-0.25, -0.2) is 14.1 Å². The monoisotopic (exact) mass is 400 g/mol. The molecule has 0 radical (unpaired) electrons. The normalized spacial score (nSPS) is 19.1. The Labute approximate surface area is 164 Å². The quantitative estimate of drug-likeness (QED) is 0.727. The van der Waals surface area contributed by atoms with Gasteiger partial charge in [-0.05, 0) is 49.1 Å². The molecule has 1 aliphatic heterocycles. The summed E-state index contributed by atoms with van der Waals surface area (Å²) < 4.78 is 14.8. The van der Waals surface area contributed by atoms with Crippen molar-refractivity contribution in [3.8, 4) is 16.4 Å². The number of likely N-dealkylation sites (tertiary alicyclic amines) is 1. The van der Waals surface area contributed by atoms with Crippen molar-refractivity contribution in [3.05, 3.63) is 53.4 Å². The Morgan fingerprint density at radius 1 is 1.25 bits per heavy atom. The molecule has 2 aromatic heterocycles. The summed E-state index contributed by atoms with van der Waals surface area (Å²) in [5.74, 6) is -1.24. The van der Waals surface area contributed by atoms with Crippen LogP contribution in [-0.2, 0) is 4.79 Å². The number of hydrogen-bond donors (Lipinski definition) is 1. The molecule has 0 aliphatic carbocycles. The highest BCUT2D eigenvalue weighted by atomic mass is 32.1. The number of halogens is 1. The lowest BCUT2D eigenvalue weighted by atomic mass is 9.90. The average Bonchev–Trinajstić information content (AvgIpc) is 3.41. The summed E-state index contributed by atoms with van der Waals surface area (Å²) in [4.78, 5) is 31.1. The summed E-state index contributed by atoms with van der Waals surface area (Å²) in [6.45, 7) is 2.08. The van der Waals surface area contributed by atoms with Crippen molar-refractivity contribution in [2.24, 2.45) is 5.41 Å². The van der Waals surface area contributed by atoms with Crippen LogP contribution in [0.2, 0.25) is 0 Å². The number of benzene rings is 1. The minimum Gasteiger partial charge on any atom is -0.481 e. The molecular formula is C19H17FN4O3S. The van der Waals surface area contributed by atoms with Gasteiger partial charge in [0.15, 0.2) is 5.82 Å². The van der Waals surface area contributed by atoms with E-state index >= 15 is 0 Å². The zero-order chi connectivity index (χ0) is 19.9. The molecule has 7 nitrogen and oxygen atoms in total. The number of carbonyl (C=O) groups is 2. The van der Waals surface area contributed by atoms with Gasteiger partial charge in [-0.2, -0.15) is 0 Å². The van der Waals surface area contributed by atoms with Crippen LogP contribution in [0.4, 0.5) is 4.39 Å². The molecule has 0 saturated carbocycles. The fraction of sp³-hybridized carbons (Fsp3) is 0.263. The molecule has 9 heteroatoms. The SMILES string of the molecule is C[C@@]1(C(=O)O)CCN(C(=O)c2nc(-c3cccs3)n(-c3ccc(F)cc3)n2)C1. The number of carboxylic acids is 1. The van der Waals surface area contributed by atoms with E-state index in [-0.39, 0.29) is 18.2 Å². The van der Waals surface area contributed by atoms with Gasteiger partial charge in [0.1, 0.15) is 5.82 Å². The van der Waals surface area contributed by atoms with E-state index in [1.165, 1.54) is 33.1 Å². The van der Waals surface area contributed by atoms with E-state index in [1.807, 2.05) is 17.5 Å². The Morgan fingerprint density at radius 3 is 2.61 bits per heavy atom. The van der Waals surface area contributed by atoms with Crippen LogP contribution in [0.1, 0.15) is 24.0 Å². The first-order chi connectivity index (χ1) is 13.4. The van der Waals surface area contributed by atoms with Crippen molar-refractivity contribution in [2.75, 3.05) is 13.1 Å². The highest BCUT2D eigenvalue weighted by molar-refractivity contribution is 7.13. The standard InChI is InChI=1S/C19H17FN4O3S/c1-19(18(26)27)8-9-23(11-19)17(25)15-21-16(14-3-2-10-28-14)24(22-15)13-6-4-12(20)5-7-13/h2-7,10H,8-9,11H2,1H3,(H,26,27)/t19-/m1/s1. The largest absolute Gasteiger partial charge is 0.481 e. The lowest BCUT2D eigenvalue weighted by Gasteiger charge is -2.18. The molecule has 144 valence electrons. The first kappa shape index (κ1) is 18.3. The number of carbonyl (C=O) groups excluding carboxylic acids is 1. The van der Waals surface area contributed by atoms with Crippen LogP contribution in [0.3, 0.4) is 0 Å². The first-order valence-corrected chi connectivity index (χ1v) is 9.55. The summed E-state index contributed by atoms with van der Waals surface area (Å²) in [5, 5.41) is 15.6. The van der Waals surface area contributed by atoms with E-state index < -0.39 is 17.3 Å². The van der Waals surface area contributed by atoms with Gasteiger partial charge in [0.05, 0.1) is 16.0 Å².